The lowest BCUT2D eigenvalue weighted by Gasteiger charge is -2.31. The zero-order chi connectivity index (χ0) is 17.8. The average molecular weight is 361 g/mol. The zero-order valence-electron chi connectivity index (χ0n) is 14.2. The molecule has 0 radical (unpaired) electrons. The standard InChI is InChI=1S/C16H25ClN2O3S/c1-6-15(16(20)18-12(4)11(2)3)19(23(5,21)22)14-9-7-8-13(17)10-14/h7-12,15H,6H2,1-5H3,(H,18,20)/t12-,15+/m1/s1. The van der Waals surface area contributed by atoms with E-state index in [0.717, 1.165) is 10.6 Å². The maximum atomic E-state index is 12.6. The smallest absolute Gasteiger partial charge is 0.244 e. The van der Waals surface area contributed by atoms with Crippen molar-refractivity contribution in [3.05, 3.63) is 29.3 Å². The van der Waals surface area contributed by atoms with Crippen LogP contribution in [-0.4, -0.2) is 32.7 Å². The van der Waals surface area contributed by atoms with Crippen molar-refractivity contribution in [2.75, 3.05) is 10.6 Å². The Morgan fingerprint density at radius 2 is 1.91 bits per heavy atom. The molecule has 0 aromatic heterocycles. The van der Waals surface area contributed by atoms with Gasteiger partial charge in [-0.15, -0.1) is 0 Å². The number of carbonyl (C=O) groups excluding carboxylic acids is 1. The second kappa shape index (κ2) is 8.02. The molecule has 0 aliphatic heterocycles. The number of sulfonamides is 1. The van der Waals surface area contributed by atoms with Crippen molar-refractivity contribution in [3.8, 4) is 0 Å². The van der Waals surface area contributed by atoms with Crippen LogP contribution in [0.25, 0.3) is 0 Å². The third-order valence-corrected chi connectivity index (χ3v) is 5.18. The maximum absolute atomic E-state index is 12.6. The summed E-state index contributed by atoms with van der Waals surface area (Å²) in [5.74, 6) is -0.0478. The van der Waals surface area contributed by atoms with Crippen LogP contribution in [0.5, 0.6) is 0 Å². The van der Waals surface area contributed by atoms with Gasteiger partial charge in [0.1, 0.15) is 6.04 Å². The molecule has 1 aromatic carbocycles. The highest BCUT2D eigenvalue weighted by Gasteiger charge is 2.32. The van der Waals surface area contributed by atoms with Crippen LogP contribution in [0.4, 0.5) is 5.69 Å². The number of anilines is 1. The van der Waals surface area contributed by atoms with Crippen molar-refractivity contribution in [1.29, 1.82) is 0 Å². The van der Waals surface area contributed by atoms with Crippen molar-refractivity contribution in [2.45, 2.75) is 46.2 Å². The summed E-state index contributed by atoms with van der Waals surface area (Å²) in [4.78, 5) is 12.6. The Balaban J connectivity index is 3.21. The minimum Gasteiger partial charge on any atom is -0.352 e. The van der Waals surface area contributed by atoms with Crippen molar-refractivity contribution < 1.29 is 13.2 Å². The summed E-state index contributed by atoms with van der Waals surface area (Å²) in [6.45, 7) is 7.68. The molecule has 2 atom stereocenters. The van der Waals surface area contributed by atoms with Crippen LogP contribution in [0.15, 0.2) is 24.3 Å². The molecule has 1 amide bonds. The van der Waals surface area contributed by atoms with Crippen molar-refractivity contribution in [1.82, 2.24) is 5.32 Å². The second-order valence-electron chi connectivity index (χ2n) is 6.00. The number of nitrogens with zero attached hydrogens (tertiary/aromatic N) is 1. The molecular formula is C16H25ClN2O3S. The molecule has 0 aliphatic carbocycles. The number of rotatable bonds is 7. The summed E-state index contributed by atoms with van der Waals surface area (Å²) in [6.07, 6.45) is 1.45. The van der Waals surface area contributed by atoms with Gasteiger partial charge in [0, 0.05) is 11.1 Å². The molecule has 1 aromatic rings. The summed E-state index contributed by atoms with van der Waals surface area (Å²) in [6, 6.07) is 5.64. The van der Waals surface area contributed by atoms with Crippen LogP contribution in [0.1, 0.15) is 34.1 Å². The van der Waals surface area contributed by atoms with Gasteiger partial charge in [-0.2, -0.15) is 0 Å². The normalized spacial score (nSPS) is 14.4. The van der Waals surface area contributed by atoms with Crippen LogP contribution < -0.4 is 9.62 Å². The summed E-state index contributed by atoms with van der Waals surface area (Å²) >= 11 is 5.97. The van der Waals surface area contributed by atoms with Gasteiger partial charge in [-0.05, 0) is 37.5 Å². The van der Waals surface area contributed by atoms with Gasteiger partial charge in [-0.25, -0.2) is 8.42 Å². The fraction of sp³-hybridized carbons (Fsp3) is 0.562. The largest absolute Gasteiger partial charge is 0.352 e. The van der Waals surface area contributed by atoms with Gasteiger partial charge in [-0.3, -0.25) is 9.10 Å². The Labute approximate surface area is 144 Å². The molecule has 0 aliphatic rings. The number of halogens is 1. The molecular weight excluding hydrogens is 336 g/mol. The van der Waals surface area contributed by atoms with Crippen molar-refractivity contribution in [2.24, 2.45) is 5.92 Å². The van der Waals surface area contributed by atoms with Crippen molar-refractivity contribution >= 4 is 33.2 Å². The fourth-order valence-corrected chi connectivity index (χ4v) is 3.55. The fourth-order valence-electron chi connectivity index (χ4n) is 2.16. The molecule has 7 heteroatoms. The Morgan fingerprint density at radius 1 is 1.30 bits per heavy atom. The Hall–Kier alpha value is -1.27. The lowest BCUT2D eigenvalue weighted by Crippen LogP contribution is -2.51. The van der Waals surface area contributed by atoms with E-state index in [4.69, 9.17) is 11.6 Å². The Kier molecular flexibility index (Phi) is 6.89. The first-order valence-corrected chi connectivity index (χ1v) is 9.85. The number of hydrogen-bond acceptors (Lipinski definition) is 3. The first kappa shape index (κ1) is 19.8. The van der Waals surface area contributed by atoms with E-state index in [2.05, 4.69) is 5.32 Å². The maximum Gasteiger partial charge on any atom is 0.244 e. The Morgan fingerprint density at radius 3 is 2.35 bits per heavy atom. The van der Waals surface area contributed by atoms with Crippen LogP contribution in [0, 0.1) is 5.92 Å². The minimum absolute atomic E-state index is 0.0441. The van der Waals surface area contributed by atoms with E-state index in [1.165, 1.54) is 0 Å². The van der Waals surface area contributed by atoms with Gasteiger partial charge in [0.25, 0.3) is 0 Å². The highest BCUT2D eigenvalue weighted by molar-refractivity contribution is 7.92. The molecule has 1 rings (SSSR count). The van der Waals surface area contributed by atoms with Gasteiger partial charge in [0.05, 0.1) is 11.9 Å². The van der Waals surface area contributed by atoms with E-state index in [9.17, 15) is 13.2 Å². The molecule has 0 saturated heterocycles. The summed E-state index contributed by atoms with van der Waals surface area (Å²) in [5.41, 5.74) is 0.388. The van der Waals surface area contributed by atoms with E-state index in [1.54, 1.807) is 31.2 Å². The molecule has 23 heavy (non-hydrogen) atoms. The van der Waals surface area contributed by atoms with E-state index >= 15 is 0 Å². The van der Waals surface area contributed by atoms with Crippen molar-refractivity contribution in [3.63, 3.8) is 0 Å². The van der Waals surface area contributed by atoms with E-state index < -0.39 is 16.1 Å². The van der Waals surface area contributed by atoms with E-state index in [1.807, 2.05) is 20.8 Å². The molecule has 0 unspecified atom stereocenters. The quantitative estimate of drug-likeness (QED) is 0.812. The third-order valence-electron chi connectivity index (χ3n) is 3.76. The van der Waals surface area contributed by atoms with Gasteiger partial charge >= 0.3 is 0 Å². The van der Waals surface area contributed by atoms with Gasteiger partial charge in [0.2, 0.25) is 15.9 Å². The SMILES string of the molecule is CC[C@@H](C(=O)N[C@H](C)C(C)C)N(c1cccc(Cl)c1)S(C)(=O)=O. The number of carbonyl (C=O) groups is 1. The van der Waals surface area contributed by atoms with E-state index in [-0.39, 0.29) is 17.9 Å². The molecule has 1 N–H and O–H groups in total. The lowest BCUT2D eigenvalue weighted by molar-refractivity contribution is -0.123. The van der Waals surface area contributed by atoms with Gasteiger partial charge < -0.3 is 5.32 Å². The summed E-state index contributed by atoms with van der Waals surface area (Å²) in [5, 5.41) is 3.31. The van der Waals surface area contributed by atoms with Crippen LogP contribution >= 0.6 is 11.6 Å². The highest BCUT2D eigenvalue weighted by Crippen LogP contribution is 2.25. The monoisotopic (exact) mass is 360 g/mol. The molecule has 130 valence electrons. The van der Waals surface area contributed by atoms with Crippen LogP contribution in [-0.2, 0) is 14.8 Å². The molecule has 0 fully saturated rings. The summed E-state index contributed by atoms with van der Waals surface area (Å²) < 4.78 is 25.7. The molecule has 0 spiro atoms. The van der Waals surface area contributed by atoms with Gasteiger partial charge in [0.15, 0.2) is 0 Å². The molecule has 0 bridgehead atoms. The molecule has 0 heterocycles. The zero-order valence-corrected chi connectivity index (χ0v) is 15.8. The first-order valence-electron chi connectivity index (χ1n) is 7.63. The van der Waals surface area contributed by atoms with Crippen LogP contribution in [0.3, 0.4) is 0 Å². The molecule has 0 saturated carbocycles. The average Bonchev–Trinajstić information content (AvgIpc) is 2.42. The first-order chi connectivity index (χ1) is 10.6. The van der Waals surface area contributed by atoms with E-state index in [0.29, 0.717) is 17.1 Å². The number of benzene rings is 1. The number of amides is 1. The van der Waals surface area contributed by atoms with Gasteiger partial charge in [-0.1, -0.05) is 38.4 Å². The second-order valence-corrected chi connectivity index (χ2v) is 8.30. The van der Waals surface area contributed by atoms with Crippen LogP contribution in [0.2, 0.25) is 5.02 Å². The Bertz CT molecular complexity index is 646. The molecule has 5 nitrogen and oxygen atoms in total. The number of hydrogen-bond donors (Lipinski definition) is 1. The predicted octanol–water partition coefficient (Wildman–Crippen LogP) is 3.05. The minimum atomic E-state index is -3.63. The summed E-state index contributed by atoms with van der Waals surface area (Å²) in [7, 11) is -3.63. The highest BCUT2D eigenvalue weighted by atomic mass is 35.5. The lowest BCUT2D eigenvalue weighted by atomic mass is 10.1. The topological polar surface area (TPSA) is 66.5 Å². The third kappa shape index (κ3) is 5.39. The predicted molar refractivity (Wildman–Crippen MR) is 95.3 cm³/mol. The number of nitrogens with one attached hydrogen (secondary N) is 1.